The SMILES string of the molecule is CN1CCCC1CNC(=O)c1ccc2c(c1)CCN2.Cl.Cl. The highest BCUT2D eigenvalue weighted by atomic mass is 35.5. The summed E-state index contributed by atoms with van der Waals surface area (Å²) in [6.07, 6.45) is 3.44. The molecule has 0 spiro atoms. The number of nitrogens with one attached hydrogen (secondary N) is 2. The lowest BCUT2D eigenvalue weighted by Gasteiger charge is -2.19. The molecule has 118 valence electrons. The molecule has 1 aromatic rings. The summed E-state index contributed by atoms with van der Waals surface area (Å²) in [6.45, 7) is 2.88. The summed E-state index contributed by atoms with van der Waals surface area (Å²) in [4.78, 5) is 14.5. The summed E-state index contributed by atoms with van der Waals surface area (Å²) >= 11 is 0. The molecule has 2 heterocycles. The first kappa shape index (κ1) is 18.1. The van der Waals surface area contributed by atoms with Crippen molar-refractivity contribution < 1.29 is 4.79 Å². The monoisotopic (exact) mass is 331 g/mol. The quantitative estimate of drug-likeness (QED) is 0.893. The van der Waals surface area contributed by atoms with Crippen molar-refractivity contribution in [3.63, 3.8) is 0 Å². The Bertz CT molecular complexity index is 496. The third-order valence-corrected chi connectivity index (χ3v) is 4.25. The van der Waals surface area contributed by atoms with Crippen molar-refractivity contribution in [2.45, 2.75) is 25.3 Å². The average Bonchev–Trinajstić information content (AvgIpc) is 3.03. The van der Waals surface area contributed by atoms with E-state index in [1.807, 2.05) is 18.2 Å². The van der Waals surface area contributed by atoms with Gasteiger partial charge in [0.05, 0.1) is 0 Å². The molecule has 21 heavy (non-hydrogen) atoms. The molecule has 2 aliphatic heterocycles. The lowest BCUT2D eigenvalue weighted by Crippen LogP contribution is -2.38. The van der Waals surface area contributed by atoms with Crippen LogP contribution in [-0.4, -0.2) is 43.5 Å². The maximum absolute atomic E-state index is 12.2. The number of fused-ring (bicyclic) bond motifs is 1. The van der Waals surface area contributed by atoms with Crippen LogP contribution in [-0.2, 0) is 6.42 Å². The number of hydrogen-bond donors (Lipinski definition) is 2. The van der Waals surface area contributed by atoms with Gasteiger partial charge in [-0.05, 0) is 56.6 Å². The first-order chi connectivity index (χ1) is 9.24. The molecule has 3 rings (SSSR count). The highest BCUT2D eigenvalue weighted by molar-refractivity contribution is 5.95. The molecule has 0 aliphatic carbocycles. The van der Waals surface area contributed by atoms with Crippen LogP contribution in [0.3, 0.4) is 0 Å². The number of carbonyl (C=O) groups is 1. The Balaban J connectivity index is 0.00000110. The molecule has 4 nitrogen and oxygen atoms in total. The Morgan fingerprint density at radius 2 is 2.24 bits per heavy atom. The van der Waals surface area contributed by atoms with Crippen molar-refractivity contribution in [3.8, 4) is 0 Å². The standard InChI is InChI=1S/C15H21N3O.2ClH/c1-18-8-2-3-13(18)10-17-15(19)12-4-5-14-11(9-12)6-7-16-14;;/h4-5,9,13,16H,2-3,6-8,10H2,1H3,(H,17,19);2*1H. The van der Waals surface area contributed by atoms with Gasteiger partial charge >= 0.3 is 0 Å². The van der Waals surface area contributed by atoms with Crippen LogP contribution in [0, 0.1) is 0 Å². The fourth-order valence-corrected chi connectivity index (χ4v) is 3.00. The van der Waals surface area contributed by atoms with Gasteiger partial charge in [-0.25, -0.2) is 0 Å². The number of benzene rings is 1. The average molecular weight is 332 g/mol. The maximum atomic E-state index is 12.2. The molecule has 0 aromatic heterocycles. The number of anilines is 1. The van der Waals surface area contributed by atoms with E-state index in [1.165, 1.54) is 24.1 Å². The van der Waals surface area contributed by atoms with Crippen LogP contribution in [0.15, 0.2) is 18.2 Å². The molecule has 2 N–H and O–H groups in total. The van der Waals surface area contributed by atoms with Gasteiger partial charge in [-0.3, -0.25) is 4.79 Å². The fourth-order valence-electron chi connectivity index (χ4n) is 3.00. The fraction of sp³-hybridized carbons (Fsp3) is 0.533. The number of nitrogens with zero attached hydrogens (tertiary/aromatic N) is 1. The summed E-state index contributed by atoms with van der Waals surface area (Å²) in [5.41, 5.74) is 3.21. The smallest absolute Gasteiger partial charge is 0.251 e. The zero-order valence-corrected chi connectivity index (χ0v) is 13.9. The number of likely N-dealkylation sites (tertiary alicyclic amines) is 1. The molecule has 1 aromatic carbocycles. The summed E-state index contributed by atoms with van der Waals surface area (Å²) < 4.78 is 0. The molecule has 0 radical (unpaired) electrons. The summed E-state index contributed by atoms with van der Waals surface area (Å²) in [7, 11) is 2.13. The second-order valence-corrected chi connectivity index (χ2v) is 5.54. The van der Waals surface area contributed by atoms with Gasteiger partial charge in [0.25, 0.3) is 5.91 Å². The molecule has 1 unspecified atom stereocenters. The third kappa shape index (κ3) is 4.02. The second-order valence-electron chi connectivity index (χ2n) is 5.54. The van der Waals surface area contributed by atoms with Gasteiger partial charge in [0, 0.05) is 30.4 Å². The molecule has 2 aliphatic rings. The molecule has 1 saturated heterocycles. The molecule has 1 amide bonds. The molecular weight excluding hydrogens is 309 g/mol. The van der Waals surface area contributed by atoms with Crippen LogP contribution in [0.1, 0.15) is 28.8 Å². The molecular formula is C15H23Cl2N3O. The number of hydrogen-bond acceptors (Lipinski definition) is 3. The second kappa shape index (κ2) is 7.87. The van der Waals surface area contributed by atoms with E-state index in [1.54, 1.807) is 0 Å². The van der Waals surface area contributed by atoms with Crippen LogP contribution in [0.25, 0.3) is 0 Å². The van der Waals surface area contributed by atoms with Crippen molar-refractivity contribution in [1.82, 2.24) is 10.2 Å². The zero-order chi connectivity index (χ0) is 13.2. The predicted molar refractivity (Wildman–Crippen MR) is 91.1 cm³/mol. The largest absolute Gasteiger partial charge is 0.384 e. The van der Waals surface area contributed by atoms with E-state index in [4.69, 9.17) is 0 Å². The van der Waals surface area contributed by atoms with Crippen LogP contribution in [0.2, 0.25) is 0 Å². The minimum Gasteiger partial charge on any atom is -0.384 e. The normalized spacial score (nSPS) is 20.0. The number of halogens is 2. The van der Waals surface area contributed by atoms with E-state index < -0.39 is 0 Å². The highest BCUT2D eigenvalue weighted by Gasteiger charge is 2.21. The van der Waals surface area contributed by atoms with Gasteiger partial charge in [0.1, 0.15) is 0 Å². The van der Waals surface area contributed by atoms with E-state index in [-0.39, 0.29) is 30.7 Å². The van der Waals surface area contributed by atoms with Crippen molar-refractivity contribution in [2.75, 3.05) is 32.0 Å². The number of rotatable bonds is 3. The van der Waals surface area contributed by atoms with E-state index in [0.29, 0.717) is 6.04 Å². The zero-order valence-electron chi connectivity index (χ0n) is 12.2. The molecule has 1 fully saturated rings. The Morgan fingerprint density at radius 1 is 1.43 bits per heavy atom. The van der Waals surface area contributed by atoms with Crippen LogP contribution in [0.4, 0.5) is 5.69 Å². The van der Waals surface area contributed by atoms with Crippen LogP contribution in [0.5, 0.6) is 0 Å². The van der Waals surface area contributed by atoms with E-state index in [0.717, 1.165) is 31.6 Å². The van der Waals surface area contributed by atoms with Crippen molar-refractivity contribution in [3.05, 3.63) is 29.3 Å². The van der Waals surface area contributed by atoms with Crippen molar-refractivity contribution in [2.24, 2.45) is 0 Å². The number of carbonyl (C=O) groups excluding carboxylic acids is 1. The number of amides is 1. The molecule has 6 heteroatoms. The van der Waals surface area contributed by atoms with E-state index in [9.17, 15) is 4.79 Å². The lowest BCUT2D eigenvalue weighted by atomic mass is 10.1. The Labute approximate surface area is 138 Å². The highest BCUT2D eigenvalue weighted by Crippen LogP contribution is 2.23. The Hall–Kier alpha value is -0.970. The number of likely N-dealkylation sites (N-methyl/N-ethyl adjacent to an activating group) is 1. The minimum atomic E-state index is 0. The summed E-state index contributed by atoms with van der Waals surface area (Å²) in [5, 5.41) is 6.37. The van der Waals surface area contributed by atoms with Crippen LogP contribution >= 0.6 is 24.8 Å². The van der Waals surface area contributed by atoms with Crippen LogP contribution < -0.4 is 10.6 Å². The topological polar surface area (TPSA) is 44.4 Å². The lowest BCUT2D eigenvalue weighted by molar-refractivity contribution is 0.0943. The minimum absolute atomic E-state index is 0. The van der Waals surface area contributed by atoms with Gasteiger partial charge in [-0.15, -0.1) is 24.8 Å². The van der Waals surface area contributed by atoms with Gasteiger partial charge in [-0.1, -0.05) is 0 Å². The third-order valence-electron chi connectivity index (χ3n) is 4.25. The van der Waals surface area contributed by atoms with Crippen molar-refractivity contribution >= 4 is 36.4 Å². The molecule has 0 saturated carbocycles. The van der Waals surface area contributed by atoms with Gasteiger partial charge < -0.3 is 15.5 Å². The Kier molecular flexibility index (Phi) is 6.78. The predicted octanol–water partition coefficient (Wildman–Crippen LogP) is 2.32. The van der Waals surface area contributed by atoms with Gasteiger partial charge in [-0.2, -0.15) is 0 Å². The van der Waals surface area contributed by atoms with Gasteiger partial charge in [0.15, 0.2) is 0 Å². The van der Waals surface area contributed by atoms with E-state index >= 15 is 0 Å². The van der Waals surface area contributed by atoms with Gasteiger partial charge in [0.2, 0.25) is 0 Å². The first-order valence-electron chi connectivity index (χ1n) is 7.09. The van der Waals surface area contributed by atoms with E-state index in [2.05, 4.69) is 22.6 Å². The summed E-state index contributed by atoms with van der Waals surface area (Å²) in [6, 6.07) is 6.44. The summed E-state index contributed by atoms with van der Waals surface area (Å²) in [5.74, 6) is 0.0509. The Morgan fingerprint density at radius 3 is 2.95 bits per heavy atom. The molecule has 1 atom stereocenters. The van der Waals surface area contributed by atoms with Crippen molar-refractivity contribution in [1.29, 1.82) is 0 Å². The molecule has 0 bridgehead atoms. The first-order valence-corrected chi connectivity index (χ1v) is 7.09. The maximum Gasteiger partial charge on any atom is 0.251 e.